The van der Waals surface area contributed by atoms with E-state index in [-0.39, 0.29) is 0 Å². The lowest BCUT2D eigenvalue weighted by Gasteiger charge is -2.11. The Bertz CT molecular complexity index is 520. The Hall–Kier alpha value is -1.28. The highest BCUT2D eigenvalue weighted by atomic mass is 79.9. The number of rotatable bonds is 3. The summed E-state index contributed by atoms with van der Waals surface area (Å²) in [6, 6.07) is 14.8. The monoisotopic (exact) mass is 289 g/mol. The molecule has 0 atom stereocenters. The van der Waals surface area contributed by atoms with Gasteiger partial charge in [0.1, 0.15) is 0 Å². The molecule has 0 saturated carbocycles. The summed E-state index contributed by atoms with van der Waals surface area (Å²) in [6.45, 7) is 5.06. The number of hydrogen-bond donors (Lipinski definition) is 1. The van der Waals surface area contributed by atoms with Crippen LogP contribution in [0.1, 0.15) is 16.7 Å². The fraction of sp³-hybridized carbons (Fsp3) is 0.200. The largest absolute Gasteiger partial charge is 0.381 e. The number of anilines is 1. The van der Waals surface area contributed by atoms with E-state index in [1.165, 1.54) is 26.9 Å². The van der Waals surface area contributed by atoms with Crippen molar-refractivity contribution in [3.8, 4) is 0 Å². The first-order valence-corrected chi connectivity index (χ1v) is 6.50. The average Bonchev–Trinajstić information content (AvgIpc) is 2.30. The number of aryl methyl sites for hydroxylation is 2. The lowest BCUT2D eigenvalue weighted by Crippen LogP contribution is -2.01. The molecule has 0 saturated heterocycles. The maximum atomic E-state index is 3.60. The molecule has 0 amide bonds. The van der Waals surface area contributed by atoms with E-state index >= 15 is 0 Å². The molecule has 88 valence electrons. The Morgan fingerprint density at radius 3 is 2.53 bits per heavy atom. The number of para-hydroxylation sites is 1. The Labute approximate surface area is 111 Å². The van der Waals surface area contributed by atoms with Crippen molar-refractivity contribution in [3.63, 3.8) is 0 Å². The molecule has 2 heteroatoms. The summed E-state index contributed by atoms with van der Waals surface area (Å²) >= 11 is 3.60. The van der Waals surface area contributed by atoms with Crippen LogP contribution in [0.25, 0.3) is 0 Å². The molecule has 0 aliphatic carbocycles. The molecule has 1 nitrogen and oxygen atoms in total. The van der Waals surface area contributed by atoms with Crippen molar-refractivity contribution in [3.05, 3.63) is 63.6 Å². The Morgan fingerprint density at radius 1 is 1.06 bits per heavy atom. The molecule has 0 unspecified atom stereocenters. The van der Waals surface area contributed by atoms with Crippen molar-refractivity contribution >= 4 is 21.6 Å². The molecule has 0 bridgehead atoms. The minimum absolute atomic E-state index is 0.839. The second-order valence-corrected chi connectivity index (χ2v) is 5.12. The summed E-state index contributed by atoms with van der Waals surface area (Å²) in [7, 11) is 0. The van der Waals surface area contributed by atoms with Crippen molar-refractivity contribution in [1.82, 2.24) is 0 Å². The minimum Gasteiger partial charge on any atom is -0.381 e. The van der Waals surface area contributed by atoms with E-state index in [1.807, 2.05) is 0 Å². The maximum Gasteiger partial charge on any atom is 0.0412 e. The average molecular weight is 290 g/mol. The van der Waals surface area contributed by atoms with Crippen LogP contribution in [0.5, 0.6) is 0 Å². The van der Waals surface area contributed by atoms with Crippen LogP contribution in [-0.2, 0) is 6.54 Å². The van der Waals surface area contributed by atoms with Crippen LogP contribution in [-0.4, -0.2) is 0 Å². The predicted octanol–water partition coefficient (Wildman–Crippen LogP) is 4.68. The minimum atomic E-state index is 0.839. The quantitative estimate of drug-likeness (QED) is 0.865. The van der Waals surface area contributed by atoms with Gasteiger partial charge in [-0.15, -0.1) is 0 Å². The summed E-state index contributed by atoms with van der Waals surface area (Å²) in [5.74, 6) is 0. The molecular formula is C15H16BrN. The standard InChI is InChI=1S/C15H16BrN/c1-11-7-8-13(14(16)9-11)10-17-15-6-4-3-5-12(15)2/h3-9,17H,10H2,1-2H3. The summed E-state index contributed by atoms with van der Waals surface area (Å²) in [5.41, 5.74) is 5.02. The van der Waals surface area contributed by atoms with Gasteiger partial charge in [0.25, 0.3) is 0 Å². The zero-order valence-corrected chi connectivity index (χ0v) is 11.7. The predicted molar refractivity (Wildman–Crippen MR) is 77.4 cm³/mol. The highest BCUT2D eigenvalue weighted by Crippen LogP contribution is 2.20. The molecule has 0 fully saturated rings. The van der Waals surface area contributed by atoms with Crippen molar-refractivity contribution < 1.29 is 0 Å². The highest BCUT2D eigenvalue weighted by Gasteiger charge is 2.01. The third kappa shape index (κ3) is 3.10. The van der Waals surface area contributed by atoms with Crippen LogP contribution in [0, 0.1) is 13.8 Å². The van der Waals surface area contributed by atoms with Gasteiger partial charge in [0.2, 0.25) is 0 Å². The molecule has 0 radical (unpaired) electrons. The third-order valence-corrected chi connectivity index (χ3v) is 3.56. The molecule has 2 aromatic rings. The van der Waals surface area contributed by atoms with Gasteiger partial charge in [-0.1, -0.05) is 46.3 Å². The van der Waals surface area contributed by atoms with E-state index in [2.05, 4.69) is 77.6 Å². The first-order chi connectivity index (χ1) is 8.16. The molecule has 17 heavy (non-hydrogen) atoms. The second-order valence-electron chi connectivity index (χ2n) is 4.26. The molecule has 0 spiro atoms. The maximum absolute atomic E-state index is 3.60. The van der Waals surface area contributed by atoms with Crippen LogP contribution < -0.4 is 5.32 Å². The molecule has 0 heterocycles. The summed E-state index contributed by atoms with van der Waals surface area (Å²) in [4.78, 5) is 0. The Balaban J connectivity index is 2.10. The molecule has 0 aliphatic rings. The fourth-order valence-electron chi connectivity index (χ4n) is 1.76. The van der Waals surface area contributed by atoms with E-state index in [0.29, 0.717) is 0 Å². The van der Waals surface area contributed by atoms with Gasteiger partial charge in [-0.2, -0.15) is 0 Å². The van der Waals surface area contributed by atoms with Crippen molar-refractivity contribution in [2.24, 2.45) is 0 Å². The van der Waals surface area contributed by atoms with E-state index in [4.69, 9.17) is 0 Å². The molecule has 2 rings (SSSR count). The van der Waals surface area contributed by atoms with E-state index in [9.17, 15) is 0 Å². The fourth-order valence-corrected chi connectivity index (χ4v) is 2.39. The van der Waals surface area contributed by atoms with Gasteiger partial charge in [-0.25, -0.2) is 0 Å². The van der Waals surface area contributed by atoms with Gasteiger partial charge in [0.15, 0.2) is 0 Å². The lowest BCUT2D eigenvalue weighted by atomic mass is 10.1. The SMILES string of the molecule is Cc1ccc(CNc2ccccc2C)c(Br)c1. The topological polar surface area (TPSA) is 12.0 Å². The Kier molecular flexibility index (Phi) is 3.85. The molecule has 0 aliphatic heterocycles. The Morgan fingerprint density at radius 2 is 1.82 bits per heavy atom. The highest BCUT2D eigenvalue weighted by molar-refractivity contribution is 9.10. The summed E-state index contributed by atoms with van der Waals surface area (Å²) < 4.78 is 1.17. The molecule has 2 aromatic carbocycles. The number of hydrogen-bond acceptors (Lipinski definition) is 1. The van der Waals surface area contributed by atoms with Crippen LogP contribution in [0.3, 0.4) is 0 Å². The van der Waals surface area contributed by atoms with Crippen molar-refractivity contribution in [2.75, 3.05) is 5.32 Å². The summed E-state index contributed by atoms with van der Waals surface area (Å²) in [6.07, 6.45) is 0. The molecule has 1 N–H and O–H groups in total. The molecular weight excluding hydrogens is 274 g/mol. The second kappa shape index (κ2) is 5.37. The first kappa shape index (κ1) is 12.2. The zero-order chi connectivity index (χ0) is 12.3. The van der Waals surface area contributed by atoms with Crippen LogP contribution in [0.4, 0.5) is 5.69 Å². The lowest BCUT2D eigenvalue weighted by molar-refractivity contribution is 1.12. The van der Waals surface area contributed by atoms with Gasteiger partial charge in [0.05, 0.1) is 0 Å². The smallest absolute Gasteiger partial charge is 0.0412 e. The summed E-state index contributed by atoms with van der Waals surface area (Å²) in [5, 5.41) is 3.46. The number of halogens is 1. The van der Waals surface area contributed by atoms with Crippen molar-refractivity contribution in [1.29, 1.82) is 0 Å². The van der Waals surface area contributed by atoms with Gasteiger partial charge in [-0.05, 0) is 42.7 Å². The van der Waals surface area contributed by atoms with Crippen molar-refractivity contribution in [2.45, 2.75) is 20.4 Å². The number of benzene rings is 2. The number of nitrogens with one attached hydrogen (secondary N) is 1. The third-order valence-electron chi connectivity index (χ3n) is 2.82. The zero-order valence-electron chi connectivity index (χ0n) is 10.1. The van der Waals surface area contributed by atoms with E-state index in [1.54, 1.807) is 0 Å². The first-order valence-electron chi connectivity index (χ1n) is 5.71. The van der Waals surface area contributed by atoms with Gasteiger partial charge in [-0.3, -0.25) is 0 Å². The molecule has 0 aromatic heterocycles. The van der Waals surface area contributed by atoms with Gasteiger partial charge >= 0.3 is 0 Å². The van der Waals surface area contributed by atoms with Crippen LogP contribution >= 0.6 is 15.9 Å². The van der Waals surface area contributed by atoms with Gasteiger partial charge < -0.3 is 5.32 Å². The van der Waals surface area contributed by atoms with Crippen LogP contribution in [0.2, 0.25) is 0 Å². The van der Waals surface area contributed by atoms with E-state index in [0.717, 1.165) is 6.54 Å². The van der Waals surface area contributed by atoms with E-state index < -0.39 is 0 Å². The van der Waals surface area contributed by atoms with Crippen LogP contribution in [0.15, 0.2) is 46.9 Å². The van der Waals surface area contributed by atoms with Gasteiger partial charge in [0, 0.05) is 16.7 Å². The normalized spacial score (nSPS) is 10.3.